The van der Waals surface area contributed by atoms with Crippen LogP contribution in [0.1, 0.15) is 45.7 Å². The van der Waals surface area contributed by atoms with E-state index in [1.807, 2.05) is 0 Å². The second-order valence-electron chi connectivity index (χ2n) is 7.26. The van der Waals surface area contributed by atoms with E-state index in [-0.39, 0.29) is 29.7 Å². The number of carbonyl (C=O) groups is 4. The summed E-state index contributed by atoms with van der Waals surface area (Å²) in [5, 5.41) is 4.15. The molecule has 1 aliphatic heterocycles. The molecular weight excluding hydrogens is 412 g/mol. The van der Waals surface area contributed by atoms with Gasteiger partial charge in [0.2, 0.25) is 0 Å². The van der Waals surface area contributed by atoms with Gasteiger partial charge < -0.3 is 0 Å². The van der Waals surface area contributed by atoms with Crippen molar-refractivity contribution in [2.24, 2.45) is 11.8 Å². The molecule has 6 nitrogen and oxygen atoms in total. The first-order valence-electron chi connectivity index (χ1n) is 9.49. The monoisotopic (exact) mass is 430 g/mol. The highest BCUT2D eigenvalue weighted by Crippen LogP contribution is 2.39. The van der Waals surface area contributed by atoms with E-state index in [1.54, 1.807) is 29.6 Å². The van der Waals surface area contributed by atoms with E-state index < -0.39 is 17.7 Å². The Kier molecular flexibility index (Phi) is 5.52. The largest absolute Gasteiger partial charge is 0.291 e. The summed E-state index contributed by atoms with van der Waals surface area (Å²) < 4.78 is 0. The number of hydrogen-bond acceptors (Lipinski definition) is 5. The molecule has 2 aromatic rings. The molecule has 1 saturated carbocycles. The van der Waals surface area contributed by atoms with Crippen molar-refractivity contribution in [1.82, 2.24) is 10.0 Å². The van der Waals surface area contributed by atoms with Crippen LogP contribution in [0.3, 0.4) is 0 Å². The lowest BCUT2D eigenvalue weighted by Gasteiger charge is -2.30. The molecule has 1 saturated heterocycles. The highest BCUT2D eigenvalue weighted by atomic mass is 35.5. The first kappa shape index (κ1) is 19.8. The zero-order valence-corrected chi connectivity index (χ0v) is 17.1. The Hall–Kier alpha value is -2.51. The summed E-state index contributed by atoms with van der Waals surface area (Å²) in [5.74, 6) is -2.49. The van der Waals surface area contributed by atoms with Gasteiger partial charge >= 0.3 is 0 Å². The third-order valence-electron chi connectivity index (χ3n) is 5.47. The van der Waals surface area contributed by atoms with Gasteiger partial charge in [-0.3, -0.25) is 19.2 Å². The molecule has 3 amide bonds. The first-order chi connectivity index (χ1) is 14.0. The minimum absolute atomic E-state index is 0.254. The molecule has 29 heavy (non-hydrogen) atoms. The number of rotatable bonds is 5. The summed E-state index contributed by atoms with van der Waals surface area (Å²) >= 11 is 7.16. The van der Waals surface area contributed by atoms with Crippen molar-refractivity contribution in [3.63, 3.8) is 0 Å². The van der Waals surface area contributed by atoms with Gasteiger partial charge in [0.1, 0.15) is 6.54 Å². The molecule has 0 bridgehead atoms. The van der Waals surface area contributed by atoms with Crippen LogP contribution >= 0.6 is 22.9 Å². The molecule has 8 heteroatoms. The van der Waals surface area contributed by atoms with Crippen molar-refractivity contribution in [1.29, 1.82) is 0 Å². The molecule has 0 spiro atoms. The van der Waals surface area contributed by atoms with Gasteiger partial charge in [-0.25, -0.2) is 5.01 Å². The van der Waals surface area contributed by atoms with Crippen molar-refractivity contribution in [3.8, 4) is 0 Å². The maximum Gasteiger partial charge on any atom is 0.273 e. The van der Waals surface area contributed by atoms with Crippen LogP contribution < -0.4 is 0 Å². The van der Waals surface area contributed by atoms with Crippen molar-refractivity contribution in [2.45, 2.75) is 25.7 Å². The van der Waals surface area contributed by atoms with E-state index in [0.717, 1.165) is 22.9 Å². The van der Waals surface area contributed by atoms with Crippen LogP contribution in [0.4, 0.5) is 0 Å². The second-order valence-corrected chi connectivity index (χ2v) is 8.64. The lowest BCUT2D eigenvalue weighted by molar-refractivity contribution is -0.154. The Labute approximate surface area is 177 Å². The van der Waals surface area contributed by atoms with Gasteiger partial charge in [0, 0.05) is 10.6 Å². The van der Waals surface area contributed by atoms with Gasteiger partial charge in [-0.05, 0) is 48.6 Å². The molecule has 150 valence electrons. The smallest absolute Gasteiger partial charge is 0.273 e. The average molecular weight is 431 g/mol. The number of benzene rings is 1. The molecule has 0 unspecified atom stereocenters. The van der Waals surface area contributed by atoms with Crippen LogP contribution in [0.5, 0.6) is 0 Å². The van der Waals surface area contributed by atoms with E-state index in [9.17, 15) is 19.2 Å². The van der Waals surface area contributed by atoms with Crippen LogP contribution in [0, 0.1) is 11.8 Å². The number of amides is 3. The van der Waals surface area contributed by atoms with Gasteiger partial charge in [-0.15, -0.1) is 11.3 Å². The van der Waals surface area contributed by atoms with E-state index in [2.05, 4.69) is 0 Å². The number of imide groups is 1. The second kappa shape index (κ2) is 8.08. The predicted molar refractivity (Wildman–Crippen MR) is 108 cm³/mol. The van der Waals surface area contributed by atoms with Gasteiger partial charge in [-0.2, -0.15) is 5.01 Å². The van der Waals surface area contributed by atoms with Crippen LogP contribution in [0.15, 0.2) is 41.8 Å². The fraction of sp³-hybridized carbons (Fsp3) is 0.333. The molecule has 1 aromatic heterocycles. The summed E-state index contributed by atoms with van der Waals surface area (Å²) in [4.78, 5) is 52.5. The topological polar surface area (TPSA) is 74.8 Å². The SMILES string of the molecule is O=C(CN(C(=O)c1ccc(Cl)cc1)N1C(=O)[C@@H]2CCCC[C@H]2C1=O)c1cccs1. The molecule has 4 rings (SSSR count). The Bertz CT molecular complexity index is 934. The predicted octanol–water partition coefficient (Wildman–Crippen LogP) is 3.82. The zero-order valence-electron chi connectivity index (χ0n) is 15.5. The number of nitrogens with zero attached hydrogens (tertiary/aromatic N) is 2. The molecule has 0 N–H and O–H groups in total. The molecular formula is C21H19ClN2O4S. The van der Waals surface area contributed by atoms with Crippen molar-refractivity contribution >= 4 is 46.4 Å². The summed E-state index contributed by atoms with van der Waals surface area (Å²) in [6.07, 6.45) is 3.03. The number of carbonyl (C=O) groups excluding carboxylic acids is 4. The average Bonchev–Trinajstić information content (AvgIpc) is 3.35. The Balaban J connectivity index is 1.68. The summed E-state index contributed by atoms with van der Waals surface area (Å²) in [5.41, 5.74) is 0.254. The lowest BCUT2D eigenvalue weighted by Crippen LogP contribution is -2.52. The van der Waals surface area contributed by atoms with Gasteiger partial charge in [-0.1, -0.05) is 30.5 Å². The third-order valence-corrected chi connectivity index (χ3v) is 6.64. The van der Waals surface area contributed by atoms with Crippen molar-refractivity contribution < 1.29 is 19.2 Å². The van der Waals surface area contributed by atoms with Crippen LogP contribution in [0.2, 0.25) is 5.02 Å². The summed E-state index contributed by atoms with van der Waals surface area (Å²) in [7, 11) is 0. The minimum atomic E-state index is -0.577. The highest BCUT2D eigenvalue weighted by molar-refractivity contribution is 7.12. The minimum Gasteiger partial charge on any atom is -0.291 e. The quantitative estimate of drug-likeness (QED) is 0.534. The summed E-state index contributed by atoms with van der Waals surface area (Å²) in [6.45, 7) is -0.376. The van der Waals surface area contributed by atoms with Crippen molar-refractivity contribution in [3.05, 3.63) is 57.2 Å². The summed E-state index contributed by atoms with van der Waals surface area (Å²) in [6, 6.07) is 9.55. The Morgan fingerprint density at radius 1 is 1.03 bits per heavy atom. The number of Topliss-reactive ketones (excluding diaryl/α,β-unsaturated/α-hetero) is 1. The van der Waals surface area contributed by atoms with Crippen LogP contribution in [-0.2, 0) is 9.59 Å². The molecule has 0 radical (unpaired) electrons. The van der Waals surface area contributed by atoms with E-state index in [1.165, 1.54) is 23.5 Å². The number of halogens is 1. The van der Waals surface area contributed by atoms with E-state index >= 15 is 0 Å². The number of hydrogen-bond donors (Lipinski definition) is 0. The number of hydrazine groups is 1. The maximum atomic E-state index is 13.2. The van der Waals surface area contributed by atoms with Gasteiger partial charge in [0.15, 0.2) is 5.78 Å². The Morgan fingerprint density at radius 2 is 1.66 bits per heavy atom. The number of fused-ring (bicyclic) bond motifs is 1. The van der Waals surface area contributed by atoms with E-state index in [0.29, 0.717) is 22.7 Å². The Morgan fingerprint density at radius 3 is 2.21 bits per heavy atom. The molecule has 2 heterocycles. The fourth-order valence-electron chi connectivity index (χ4n) is 4.01. The molecule has 2 fully saturated rings. The highest BCUT2D eigenvalue weighted by Gasteiger charge is 2.51. The molecule has 2 aliphatic rings. The number of ketones is 1. The van der Waals surface area contributed by atoms with Crippen LogP contribution in [0.25, 0.3) is 0 Å². The maximum absolute atomic E-state index is 13.2. The molecule has 2 atom stereocenters. The van der Waals surface area contributed by atoms with Crippen molar-refractivity contribution in [2.75, 3.05) is 6.54 Å². The van der Waals surface area contributed by atoms with Gasteiger partial charge in [0.05, 0.1) is 16.7 Å². The zero-order chi connectivity index (χ0) is 20.5. The van der Waals surface area contributed by atoms with Gasteiger partial charge in [0.25, 0.3) is 17.7 Å². The third kappa shape index (κ3) is 3.72. The molecule has 1 aliphatic carbocycles. The first-order valence-corrected chi connectivity index (χ1v) is 10.7. The standard InChI is InChI=1S/C21H19ClN2O4S/c22-14-9-7-13(8-10-14)19(26)23(12-17(25)18-6-3-11-29-18)24-20(27)15-4-1-2-5-16(15)21(24)28/h3,6-11,15-16H,1-2,4-5,12H2/t15-,16-/m1/s1. The van der Waals surface area contributed by atoms with E-state index in [4.69, 9.17) is 11.6 Å². The van der Waals surface area contributed by atoms with Crippen LogP contribution in [-0.4, -0.2) is 40.1 Å². The molecule has 1 aromatic carbocycles. The lowest BCUT2D eigenvalue weighted by atomic mass is 9.81. The fourth-order valence-corrected chi connectivity index (χ4v) is 4.79. The normalized spacial score (nSPS) is 21.2. The number of thiophene rings is 1.